The van der Waals surface area contributed by atoms with Gasteiger partial charge in [-0.05, 0) is 82.8 Å². The van der Waals surface area contributed by atoms with Crippen LogP contribution in [0.1, 0.15) is 49.4 Å². The Morgan fingerprint density at radius 3 is 2.41 bits per heavy atom. The molecule has 0 aliphatic rings. The van der Waals surface area contributed by atoms with Crippen LogP contribution in [0.5, 0.6) is 5.75 Å². The molecule has 0 amide bonds. The van der Waals surface area contributed by atoms with Crippen LogP contribution in [-0.4, -0.2) is 37.6 Å². The monoisotopic (exact) mass is 689 g/mol. The van der Waals surface area contributed by atoms with Crippen LogP contribution < -0.4 is 10.1 Å². The van der Waals surface area contributed by atoms with Crippen LogP contribution >= 0.6 is 45.2 Å². The first-order chi connectivity index (χ1) is 16.2. The minimum absolute atomic E-state index is 0.105. The number of furan rings is 1. The van der Waals surface area contributed by atoms with Crippen LogP contribution in [-0.2, 0) is 16.0 Å². The van der Waals surface area contributed by atoms with E-state index in [2.05, 4.69) is 50.5 Å². The maximum Gasteiger partial charge on any atom is 0.313 e. The molecule has 2 aromatic carbocycles. The van der Waals surface area contributed by atoms with Gasteiger partial charge in [0.05, 0.1) is 12.7 Å². The van der Waals surface area contributed by atoms with E-state index in [1.807, 2.05) is 58.0 Å². The van der Waals surface area contributed by atoms with Gasteiger partial charge in [0.15, 0.2) is 5.78 Å². The number of carbonyl (C=O) groups excluding carboxylic acids is 2. The molecule has 8 heteroatoms. The van der Waals surface area contributed by atoms with E-state index in [9.17, 15) is 9.59 Å². The van der Waals surface area contributed by atoms with Crippen molar-refractivity contribution in [3.05, 3.63) is 60.4 Å². The standard InChI is InChI=1S/C26H29I2NO5/c1-5-29-10-11-32-26-19(27)12-17(13-20(26)28)25(31)24-18-8-6-7-9-21(18)34-22(24)14-23(30)33-16(4)15(2)3/h6-9,12-13,15-16,29H,5,10-11,14H2,1-4H3. The van der Waals surface area contributed by atoms with Gasteiger partial charge in [-0.2, -0.15) is 0 Å². The van der Waals surface area contributed by atoms with Gasteiger partial charge in [0.2, 0.25) is 0 Å². The Labute approximate surface area is 227 Å². The Morgan fingerprint density at radius 1 is 1.09 bits per heavy atom. The first-order valence-corrected chi connectivity index (χ1v) is 13.5. The molecule has 1 heterocycles. The molecule has 1 atom stereocenters. The van der Waals surface area contributed by atoms with Gasteiger partial charge in [-0.3, -0.25) is 9.59 Å². The van der Waals surface area contributed by atoms with Gasteiger partial charge in [0.1, 0.15) is 36.2 Å². The zero-order valence-electron chi connectivity index (χ0n) is 19.7. The summed E-state index contributed by atoms with van der Waals surface area (Å²) in [6.07, 6.45) is -0.327. The van der Waals surface area contributed by atoms with Crippen LogP contribution in [0.15, 0.2) is 40.8 Å². The maximum atomic E-state index is 13.7. The molecule has 0 aliphatic carbocycles. The summed E-state index contributed by atoms with van der Waals surface area (Å²) in [4.78, 5) is 26.3. The first-order valence-electron chi connectivity index (χ1n) is 11.3. The Morgan fingerprint density at radius 2 is 1.76 bits per heavy atom. The minimum atomic E-state index is -0.414. The van der Waals surface area contributed by atoms with Gasteiger partial charge < -0.3 is 19.2 Å². The fraction of sp³-hybridized carbons (Fsp3) is 0.385. The number of fused-ring (bicyclic) bond motifs is 1. The quantitative estimate of drug-likeness (QED) is 0.115. The lowest BCUT2D eigenvalue weighted by Gasteiger charge is -2.16. The number of carbonyl (C=O) groups is 2. The molecule has 0 aliphatic heterocycles. The average molecular weight is 689 g/mol. The number of hydrogen-bond donors (Lipinski definition) is 1. The highest BCUT2D eigenvalue weighted by Crippen LogP contribution is 2.33. The summed E-state index contributed by atoms with van der Waals surface area (Å²) in [7, 11) is 0. The van der Waals surface area contributed by atoms with E-state index in [-0.39, 0.29) is 24.2 Å². The molecule has 0 radical (unpaired) electrons. The van der Waals surface area contributed by atoms with Crippen molar-refractivity contribution in [2.45, 2.75) is 40.2 Å². The Hall–Kier alpha value is -1.66. The molecule has 0 bridgehead atoms. The summed E-state index contributed by atoms with van der Waals surface area (Å²) in [6, 6.07) is 11.0. The second-order valence-electron chi connectivity index (χ2n) is 8.31. The highest BCUT2D eigenvalue weighted by Gasteiger charge is 2.26. The molecular formula is C26H29I2NO5. The molecule has 1 N–H and O–H groups in total. The first kappa shape index (κ1) is 26.9. The van der Waals surface area contributed by atoms with E-state index in [0.29, 0.717) is 34.5 Å². The number of ketones is 1. The largest absolute Gasteiger partial charge is 0.490 e. The van der Waals surface area contributed by atoms with Gasteiger partial charge >= 0.3 is 5.97 Å². The van der Waals surface area contributed by atoms with Gasteiger partial charge in [0, 0.05) is 17.5 Å². The predicted molar refractivity (Wildman–Crippen MR) is 150 cm³/mol. The molecule has 0 saturated carbocycles. The third-order valence-electron chi connectivity index (χ3n) is 5.49. The Bertz CT molecular complexity index is 1150. The molecule has 182 valence electrons. The molecule has 3 aromatic rings. The summed E-state index contributed by atoms with van der Waals surface area (Å²) in [5.74, 6) is 0.674. The van der Waals surface area contributed by atoms with Crippen LogP contribution in [0.25, 0.3) is 11.0 Å². The Balaban J connectivity index is 1.93. The molecule has 0 fully saturated rings. The number of hydrogen-bond acceptors (Lipinski definition) is 6. The third kappa shape index (κ3) is 6.51. The van der Waals surface area contributed by atoms with E-state index in [1.165, 1.54) is 0 Å². The number of ether oxygens (including phenoxy) is 2. The van der Waals surface area contributed by atoms with Crippen LogP contribution in [0, 0.1) is 13.1 Å². The van der Waals surface area contributed by atoms with Crippen molar-refractivity contribution in [1.29, 1.82) is 0 Å². The maximum absolute atomic E-state index is 13.7. The topological polar surface area (TPSA) is 77.8 Å². The number of likely N-dealkylation sites (N-methyl/N-ethyl adjacent to an activating group) is 1. The molecule has 34 heavy (non-hydrogen) atoms. The number of esters is 1. The summed E-state index contributed by atoms with van der Waals surface area (Å²) < 4.78 is 19.1. The van der Waals surface area contributed by atoms with Crippen molar-refractivity contribution >= 4 is 67.9 Å². The van der Waals surface area contributed by atoms with E-state index in [0.717, 1.165) is 26.0 Å². The van der Waals surface area contributed by atoms with Gasteiger partial charge in [-0.25, -0.2) is 0 Å². The van der Waals surface area contributed by atoms with Crippen molar-refractivity contribution in [3.63, 3.8) is 0 Å². The molecule has 0 saturated heterocycles. The molecule has 6 nitrogen and oxygen atoms in total. The van der Waals surface area contributed by atoms with E-state index < -0.39 is 5.97 Å². The lowest BCUT2D eigenvalue weighted by Crippen LogP contribution is -2.22. The van der Waals surface area contributed by atoms with Crippen LogP contribution in [0.2, 0.25) is 0 Å². The average Bonchev–Trinajstić information content (AvgIpc) is 3.14. The number of benzene rings is 2. The zero-order chi connectivity index (χ0) is 24.8. The lowest BCUT2D eigenvalue weighted by atomic mass is 9.99. The van der Waals surface area contributed by atoms with Crippen LogP contribution in [0.3, 0.4) is 0 Å². The molecule has 1 unspecified atom stereocenters. The smallest absolute Gasteiger partial charge is 0.313 e. The van der Waals surface area contributed by atoms with Crippen molar-refractivity contribution in [3.8, 4) is 5.75 Å². The fourth-order valence-corrected chi connectivity index (χ4v) is 5.44. The van der Waals surface area contributed by atoms with E-state index in [4.69, 9.17) is 13.9 Å². The fourth-order valence-electron chi connectivity index (χ4n) is 3.36. The minimum Gasteiger partial charge on any atom is -0.490 e. The van der Waals surface area contributed by atoms with E-state index in [1.54, 1.807) is 6.07 Å². The summed E-state index contributed by atoms with van der Waals surface area (Å²) in [6.45, 7) is 10.1. The Kier molecular flexibility index (Phi) is 9.78. The van der Waals surface area contributed by atoms with Crippen molar-refractivity contribution in [2.75, 3.05) is 19.7 Å². The number of para-hydroxylation sites is 1. The number of nitrogens with one attached hydrogen (secondary N) is 1. The van der Waals surface area contributed by atoms with E-state index >= 15 is 0 Å². The number of halogens is 2. The molecular weight excluding hydrogens is 660 g/mol. The lowest BCUT2D eigenvalue weighted by molar-refractivity contribution is -0.149. The second kappa shape index (κ2) is 12.3. The highest BCUT2D eigenvalue weighted by molar-refractivity contribution is 14.1. The van der Waals surface area contributed by atoms with Gasteiger partial charge in [0.25, 0.3) is 0 Å². The second-order valence-corrected chi connectivity index (χ2v) is 10.6. The molecule has 3 rings (SSSR count). The predicted octanol–water partition coefficient (Wildman–Crippen LogP) is 5.99. The number of rotatable bonds is 11. The zero-order valence-corrected chi connectivity index (χ0v) is 24.1. The summed E-state index contributed by atoms with van der Waals surface area (Å²) in [5, 5.41) is 3.91. The summed E-state index contributed by atoms with van der Waals surface area (Å²) >= 11 is 4.38. The van der Waals surface area contributed by atoms with Gasteiger partial charge in [-0.1, -0.05) is 39.0 Å². The van der Waals surface area contributed by atoms with Crippen molar-refractivity contribution in [1.82, 2.24) is 5.32 Å². The normalized spacial score (nSPS) is 12.2. The summed E-state index contributed by atoms with van der Waals surface area (Å²) in [5.41, 5.74) is 1.49. The van der Waals surface area contributed by atoms with Gasteiger partial charge in [-0.15, -0.1) is 0 Å². The molecule has 0 spiro atoms. The van der Waals surface area contributed by atoms with Crippen molar-refractivity contribution in [2.24, 2.45) is 5.92 Å². The van der Waals surface area contributed by atoms with Crippen molar-refractivity contribution < 1.29 is 23.5 Å². The highest BCUT2D eigenvalue weighted by atomic mass is 127. The SMILES string of the molecule is CCNCCOc1c(I)cc(C(=O)c2c(CC(=O)OC(C)C(C)C)oc3ccccc23)cc1I. The van der Waals surface area contributed by atoms with Crippen LogP contribution in [0.4, 0.5) is 0 Å². The third-order valence-corrected chi connectivity index (χ3v) is 7.09. The molecule has 1 aromatic heterocycles.